The van der Waals surface area contributed by atoms with Gasteiger partial charge in [-0.05, 0) is 44.5 Å². The van der Waals surface area contributed by atoms with Crippen molar-refractivity contribution in [3.05, 3.63) is 23.8 Å². The van der Waals surface area contributed by atoms with Gasteiger partial charge in [-0.25, -0.2) is 4.79 Å². The highest BCUT2D eigenvalue weighted by molar-refractivity contribution is 8.24. The Morgan fingerprint density at radius 2 is 1.92 bits per heavy atom. The van der Waals surface area contributed by atoms with Crippen molar-refractivity contribution in [1.82, 2.24) is 4.90 Å². The molecule has 0 bridgehead atoms. The van der Waals surface area contributed by atoms with Crippen LogP contribution in [-0.2, 0) is 11.3 Å². The fraction of sp³-hybridized carbons (Fsp3) is 0.588. The molecule has 0 aromatic heterocycles. The molecule has 0 unspecified atom stereocenters. The summed E-state index contributed by atoms with van der Waals surface area (Å²) in [7, 11) is -0.764. The summed E-state index contributed by atoms with van der Waals surface area (Å²) in [6.45, 7) is 6.98. The normalized spacial score (nSPS) is 18.6. The molecule has 4 N–H and O–H groups in total. The van der Waals surface area contributed by atoms with Crippen LogP contribution in [0.5, 0.6) is 0 Å². The van der Waals surface area contributed by atoms with Gasteiger partial charge < -0.3 is 20.3 Å². The van der Waals surface area contributed by atoms with Gasteiger partial charge >= 0.3 is 6.09 Å². The molecule has 1 fully saturated rings. The molecule has 1 aromatic carbocycles. The average molecular weight is 372 g/mol. The van der Waals surface area contributed by atoms with E-state index in [0.29, 0.717) is 36.8 Å². The van der Waals surface area contributed by atoms with Crippen LogP contribution in [-0.4, -0.2) is 57.3 Å². The van der Waals surface area contributed by atoms with Gasteiger partial charge in [-0.1, -0.05) is 0 Å². The van der Waals surface area contributed by atoms with Gasteiger partial charge in [0.15, 0.2) is 0 Å². The van der Waals surface area contributed by atoms with Gasteiger partial charge in [-0.15, -0.1) is 0 Å². The lowest BCUT2D eigenvalue weighted by atomic mass is 10.1. The van der Waals surface area contributed by atoms with Crippen LogP contribution in [0.4, 0.5) is 16.2 Å². The second-order valence-electron chi connectivity index (χ2n) is 7.42. The van der Waals surface area contributed by atoms with E-state index in [9.17, 15) is 13.9 Å². The van der Waals surface area contributed by atoms with Gasteiger partial charge in [0.25, 0.3) is 0 Å². The monoisotopic (exact) mass is 371 g/mol. The van der Waals surface area contributed by atoms with E-state index in [0.717, 1.165) is 11.3 Å². The van der Waals surface area contributed by atoms with Crippen LogP contribution in [0, 0.1) is 0 Å². The summed E-state index contributed by atoms with van der Waals surface area (Å²) in [5.41, 5.74) is 7.86. The number of hydrogen-bond donors (Lipinski definition) is 3. The number of nitrogens with two attached hydrogens (primary N) is 1. The molecule has 25 heavy (non-hydrogen) atoms. The number of rotatable bonds is 3. The molecule has 0 saturated carbocycles. The summed E-state index contributed by atoms with van der Waals surface area (Å²) in [5, 5.41) is 0. The van der Waals surface area contributed by atoms with Gasteiger partial charge in [-0.2, -0.15) is 10.6 Å². The molecule has 0 aliphatic carbocycles. The summed E-state index contributed by atoms with van der Waals surface area (Å²) in [6.07, 6.45) is -0.395. The number of benzene rings is 1. The molecule has 7 nitrogen and oxygen atoms in total. The Balaban J connectivity index is 2.15. The average Bonchev–Trinajstić information content (AvgIpc) is 2.46. The first-order chi connectivity index (χ1) is 11.5. The van der Waals surface area contributed by atoms with Crippen molar-refractivity contribution in [3.8, 4) is 0 Å². The Kier molecular flexibility index (Phi) is 5.75. The highest BCUT2D eigenvalue weighted by Crippen LogP contribution is 2.41. The minimum absolute atomic E-state index is 0.360. The molecule has 142 valence electrons. The Bertz CT molecular complexity index is 621. The number of carbonyl (C=O) groups is 1. The lowest BCUT2D eigenvalue weighted by Crippen LogP contribution is -2.39. The number of anilines is 2. The SMILES string of the molecule is CN(Cc1cc(N)ccc1N1CCS(O)(O)CC1)C(=O)OC(C)(C)C. The van der Waals surface area contributed by atoms with Crippen molar-refractivity contribution in [2.45, 2.75) is 32.9 Å². The highest BCUT2D eigenvalue weighted by Gasteiger charge is 2.25. The largest absolute Gasteiger partial charge is 0.444 e. The molecule has 1 aromatic rings. The van der Waals surface area contributed by atoms with Gasteiger partial charge in [0.05, 0.1) is 18.1 Å². The number of nitrogen functional groups attached to an aromatic ring is 1. The second kappa shape index (κ2) is 7.31. The van der Waals surface area contributed by atoms with Gasteiger partial charge in [0, 0.05) is 31.5 Å². The van der Waals surface area contributed by atoms with Crippen LogP contribution >= 0.6 is 10.6 Å². The lowest BCUT2D eigenvalue weighted by Gasteiger charge is -2.42. The number of carbonyl (C=O) groups excluding carboxylic acids is 1. The molecule has 1 aliphatic heterocycles. The summed E-state index contributed by atoms with van der Waals surface area (Å²) in [5.74, 6) is 0.720. The zero-order valence-corrected chi connectivity index (χ0v) is 16.2. The van der Waals surface area contributed by atoms with E-state index in [-0.39, 0.29) is 0 Å². The van der Waals surface area contributed by atoms with E-state index in [1.54, 1.807) is 7.05 Å². The fourth-order valence-electron chi connectivity index (χ4n) is 2.67. The lowest BCUT2D eigenvalue weighted by molar-refractivity contribution is 0.0285. The maximum Gasteiger partial charge on any atom is 0.410 e. The predicted molar refractivity (Wildman–Crippen MR) is 103 cm³/mol. The minimum atomic E-state index is -2.45. The molecule has 0 atom stereocenters. The summed E-state index contributed by atoms with van der Waals surface area (Å²) >= 11 is 0. The smallest absolute Gasteiger partial charge is 0.410 e. The van der Waals surface area contributed by atoms with Crippen LogP contribution in [0.2, 0.25) is 0 Å². The van der Waals surface area contributed by atoms with Crippen LogP contribution < -0.4 is 10.6 Å². The molecule has 1 saturated heterocycles. The summed E-state index contributed by atoms with van der Waals surface area (Å²) < 4.78 is 25.0. The summed E-state index contributed by atoms with van der Waals surface area (Å²) in [6, 6.07) is 5.59. The standard InChI is InChI=1S/C17H29N3O4S/c1-17(2,3)24-16(21)19(4)12-13-11-14(18)5-6-15(13)20-7-9-25(22,23)10-8-20/h5-6,11,22-23H,7-10,12,18H2,1-4H3. The van der Waals surface area contributed by atoms with Crippen molar-refractivity contribution >= 4 is 28.1 Å². The van der Waals surface area contributed by atoms with Crippen molar-refractivity contribution < 1.29 is 18.6 Å². The molecule has 1 heterocycles. The molecule has 2 rings (SSSR count). The van der Waals surface area contributed by atoms with E-state index in [1.807, 2.05) is 39.0 Å². The van der Waals surface area contributed by atoms with E-state index in [1.165, 1.54) is 4.90 Å². The zero-order valence-electron chi connectivity index (χ0n) is 15.4. The first-order valence-corrected chi connectivity index (χ1v) is 10.2. The Hall–Kier alpha value is -1.64. The van der Waals surface area contributed by atoms with E-state index in [2.05, 4.69) is 4.90 Å². The first kappa shape index (κ1) is 19.7. The topological polar surface area (TPSA) is 99.3 Å². The minimum Gasteiger partial charge on any atom is -0.444 e. The van der Waals surface area contributed by atoms with E-state index >= 15 is 0 Å². The van der Waals surface area contributed by atoms with E-state index in [4.69, 9.17) is 10.5 Å². The van der Waals surface area contributed by atoms with Crippen LogP contribution in [0.3, 0.4) is 0 Å². The summed E-state index contributed by atoms with van der Waals surface area (Å²) in [4.78, 5) is 15.8. The third-order valence-electron chi connectivity index (χ3n) is 3.93. The zero-order chi connectivity index (χ0) is 18.8. The van der Waals surface area contributed by atoms with Gasteiger partial charge in [0.1, 0.15) is 5.60 Å². The molecular formula is C17H29N3O4S. The van der Waals surface area contributed by atoms with Crippen LogP contribution in [0.1, 0.15) is 26.3 Å². The molecule has 0 spiro atoms. The molecule has 8 heteroatoms. The molecular weight excluding hydrogens is 342 g/mol. The van der Waals surface area contributed by atoms with Crippen LogP contribution in [0.15, 0.2) is 18.2 Å². The molecule has 0 radical (unpaired) electrons. The first-order valence-electron chi connectivity index (χ1n) is 8.28. The molecule has 1 aliphatic rings. The number of nitrogens with zero attached hydrogens (tertiary/aromatic N) is 2. The van der Waals surface area contributed by atoms with Crippen molar-refractivity contribution in [3.63, 3.8) is 0 Å². The van der Waals surface area contributed by atoms with Gasteiger partial charge in [0.2, 0.25) is 0 Å². The van der Waals surface area contributed by atoms with Gasteiger partial charge in [-0.3, -0.25) is 9.11 Å². The Morgan fingerprint density at radius 3 is 2.48 bits per heavy atom. The van der Waals surface area contributed by atoms with E-state index < -0.39 is 22.3 Å². The van der Waals surface area contributed by atoms with Crippen molar-refractivity contribution in [2.24, 2.45) is 0 Å². The van der Waals surface area contributed by atoms with Crippen molar-refractivity contribution in [1.29, 1.82) is 0 Å². The molecule has 1 amide bonds. The third kappa shape index (κ3) is 5.69. The van der Waals surface area contributed by atoms with Crippen molar-refractivity contribution in [2.75, 3.05) is 42.3 Å². The highest BCUT2D eigenvalue weighted by atomic mass is 32.3. The Morgan fingerprint density at radius 1 is 1.32 bits per heavy atom. The number of hydrogen-bond acceptors (Lipinski definition) is 6. The van der Waals surface area contributed by atoms with Crippen LogP contribution in [0.25, 0.3) is 0 Å². The number of amides is 1. The maximum absolute atomic E-state index is 12.2. The fourth-order valence-corrected chi connectivity index (χ4v) is 3.90. The maximum atomic E-state index is 12.2. The predicted octanol–water partition coefficient (Wildman–Crippen LogP) is 3.21. The second-order valence-corrected chi connectivity index (χ2v) is 9.84. The Labute approximate surface area is 151 Å². The quantitative estimate of drug-likeness (QED) is 0.706. The number of ether oxygens (including phenoxy) is 1. The third-order valence-corrected chi connectivity index (χ3v) is 5.61.